The third-order valence-electron chi connectivity index (χ3n) is 6.33. The van der Waals surface area contributed by atoms with Crippen molar-refractivity contribution in [2.75, 3.05) is 6.54 Å². The summed E-state index contributed by atoms with van der Waals surface area (Å²) in [5.41, 5.74) is 0. The van der Waals surface area contributed by atoms with Crippen molar-refractivity contribution in [3.63, 3.8) is 0 Å². The molecule has 2 fully saturated rings. The Balaban J connectivity index is 1.99. The zero-order valence-corrected chi connectivity index (χ0v) is 15.0. The SMILES string of the molecule is CC(C)NCC1CCC(C(C)C)CC1C1CCCCCC1. The van der Waals surface area contributed by atoms with Gasteiger partial charge in [-0.25, -0.2) is 0 Å². The predicted molar refractivity (Wildman–Crippen MR) is 93.5 cm³/mol. The van der Waals surface area contributed by atoms with E-state index in [1.807, 2.05) is 0 Å². The van der Waals surface area contributed by atoms with Gasteiger partial charge in [-0.3, -0.25) is 0 Å². The number of nitrogens with one attached hydrogen (secondary N) is 1. The Morgan fingerprint density at radius 1 is 0.857 bits per heavy atom. The lowest BCUT2D eigenvalue weighted by Crippen LogP contribution is -2.39. The van der Waals surface area contributed by atoms with E-state index in [9.17, 15) is 0 Å². The summed E-state index contributed by atoms with van der Waals surface area (Å²) in [6.07, 6.45) is 13.5. The Hall–Kier alpha value is -0.0400. The third-order valence-corrected chi connectivity index (χ3v) is 6.33. The summed E-state index contributed by atoms with van der Waals surface area (Å²) in [4.78, 5) is 0. The Morgan fingerprint density at radius 3 is 2.10 bits per heavy atom. The molecule has 2 aliphatic carbocycles. The molecule has 1 N–H and O–H groups in total. The fraction of sp³-hybridized carbons (Fsp3) is 1.00. The van der Waals surface area contributed by atoms with Crippen molar-refractivity contribution in [1.29, 1.82) is 0 Å². The standard InChI is InChI=1S/C20H39N/c1-15(2)18-11-12-19(14-21-16(3)4)20(13-18)17-9-7-5-6-8-10-17/h15-21H,5-14H2,1-4H3. The lowest BCUT2D eigenvalue weighted by atomic mass is 9.64. The molecule has 0 radical (unpaired) electrons. The van der Waals surface area contributed by atoms with Gasteiger partial charge in [0.05, 0.1) is 0 Å². The van der Waals surface area contributed by atoms with E-state index in [1.54, 1.807) is 0 Å². The van der Waals surface area contributed by atoms with E-state index in [4.69, 9.17) is 0 Å². The molecule has 0 aromatic heterocycles. The highest BCUT2D eigenvalue weighted by molar-refractivity contribution is 4.87. The van der Waals surface area contributed by atoms with Gasteiger partial charge in [0, 0.05) is 6.04 Å². The molecule has 2 aliphatic rings. The largest absolute Gasteiger partial charge is 0.314 e. The molecule has 0 bridgehead atoms. The van der Waals surface area contributed by atoms with Gasteiger partial charge in [0.15, 0.2) is 0 Å². The van der Waals surface area contributed by atoms with Gasteiger partial charge in [0.25, 0.3) is 0 Å². The Kier molecular flexibility index (Phi) is 7.05. The van der Waals surface area contributed by atoms with E-state index in [0.717, 1.165) is 29.6 Å². The molecule has 0 saturated heterocycles. The molecular formula is C20H39N. The maximum absolute atomic E-state index is 3.74. The third kappa shape index (κ3) is 5.27. The topological polar surface area (TPSA) is 12.0 Å². The Morgan fingerprint density at radius 2 is 1.52 bits per heavy atom. The lowest BCUT2D eigenvalue weighted by Gasteiger charge is -2.42. The van der Waals surface area contributed by atoms with Gasteiger partial charge in [0.2, 0.25) is 0 Å². The summed E-state index contributed by atoms with van der Waals surface area (Å²) in [5, 5.41) is 3.74. The van der Waals surface area contributed by atoms with Gasteiger partial charge in [-0.2, -0.15) is 0 Å². The van der Waals surface area contributed by atoms with Gasteiger partial charge < -0.3 is 5.32 Å². The molecule has 0 aromatic rings. The minimum absolute atomic E-state index is 0.641. The fourth-order valence-electron chi connectivity index (χ4n) is 4.86. The van der Waals surface area contributed by atoms with E-state index in [-0.39, 0.29) is 0 Å². The van der Waals surface area contributed by atoms with Crippen molar-refractivity contribution < 1.29 is 0 Å². The van der Waals surface area contributed by atoms with Crippen molar-refractivity contribution in [3.05, 3.63) is 0 Å². The first-order valence-corrected chi connectivity index (χ1v) is 9.81. The molecule has 21 heavy (non-hydrogen) atoms. The van der Waals surface area contributed by atoms with Gasteiger partial charge in [0.1, 0.15) is 0 Å². The monoisotopic (exact) mass is 293 g/mol. The van der Waals surface area contributed by atoms with Gasteiger partial charge >= 0.3 is 0 Å². The summed E-state index contributed by atoms with van der Waals surface area (Å²) in [7, 11) is 0. The van der Waals surface area contributed by atoms with Crippen molar-refractivity contribution in [2.24, 2.45) is 29.6 Å². The molecule has 3 unspecified atom stereocenters. The van der Waals surface area contributed by atoms with Crippen LogP contribution in [0.5, 0.6) is 0 Å². The molecule has 0 spiro atoms. The average Bonchev–Trinajstić information content (AvgIpc) is 2.73. The second-order valence-electron chi connectivity index (χ2n) is 8.56. The highest BCUT2D eigenvalue weighted by Crippen LogP contribution is 2.44. The molecule has 0 amide bonds. The molecule has 3 atom stereocenters. The summed E-state index contributed by atoms with van der Waals surface area (Å²) < 4.78 is 0. The highest BCUT2D eigenvalue weighted by Gasteiger charge is 2.36. The minimum Gasteiger partial charge on any atom is -0.314 e. The number of rotatable bonds is 5. The maximum atomic E-state index is 3.74. The quantitative estimate of drug-likeness (QED) is 0.646. The number of hydrogen-bond acceptors (Lipinski definition) is 1. The van der Waals surface area contributed by atoms with Crippen molar-refractivity contribution in [1.82, 2.24) is 5.32 Å². The van der Waals surface area contributed by atoms with Crippen LogP contribution in [-0.2, 0) is 0 Å². The van der Waals surface area contributed by atoms with Gasteiger partial charge in [-0.1, -0.05) is 66.2 Å². The molecule has 124 valence electrons. The first kappa shape index (κ1) is 17.3. The molecule has 2 rings (SSSR count). The molecular weight excluding hydrogens is 254 g/mol. The second-order valence-corrected chi connectivity index (χ2v) is 8.56. The van der Waals surface area contributed by atoms with Gasteiger partial charge in [-0.05, 0) is 55.4 Å². The van der Waals surface area contributed by atoms with E-state index in [1.165, 1.54) is 64.3 Å². The van der Waals surface area contributed by atoms with E-state index >= 15 is 0 Å². The summed E-state index contributed by atoms with van der Waals surface area (Å²) >= 11 is 0. The van der Waals surface area contributed by atoms with Crippen LogP contribution in [0.25, 0.3) is 0 Å². The second kappa shape index (κ2) is 8.56. The van der Waals surface area contributed by atoms with Crippen LogP contribution in [-0.4, -0.2) is 12.6 Å². The highest BCUT2D eigenvalue weighted by atomic mass is 14.9. The molecule has 1 heteroatoms. The van der Waals surface area contributed by atoms with Crippen LogP contribution in [0.4, 0.5) is 0 Å². The van der Waals surface area contributed by atoms with Crippen molar-refractivity contribution in [2.45, 2.75) is 91.5 Å². The molecule has 1 nitrogen and oxygen atoms in total. The maximum Gasteiger partial charge on any atom is 0.00104 e. The van der Waals surface area contributed by atoms with Crippen molar-refractivity contribution >= 4 is 0 Å². The van der Waals surface area contributed by atoms with Crippen LogP contribution in [0, 0.1) is 29.6 Å². The van der Waals surface area contributed by atoms with Crippen LogP contribution < -0.4 is 5.32 Å². The number of hydrogen-bond donors (Lipinski definition) is 1. The van der Waals surface area contributed by atoms with Crippen LogP contribution in [0.1, 0.15) is 85.5 Å². The van der Waals surface area contributed by atoms with Crippen LogP contribution in [0.2, 0.25) is 0 Å². The van der Waals surface area contributed by atoms with E-state index < -0.39 is 0 Å². The zero-order valence-electron chi connectivity index (χ0n) is 15.0. The van der Waals surface area contributed by atoms with E-state index in [2.05, 4.69) is 33.0 Å². The first-order valence-electron chi connectivity index (χ1n) is 9.81. The van der Waals surface area contributed by atoms with Crippen LogP contribution in [0.3, 0.4) is 0 Å². The average molecular weight is 294 g/mol. The lowest BCUT2D eigenvalue weighted by molar-refractivity contribution is 0.0883. The van der Waals surface area contributed by atoms with Crippen LogP contribution in [0.15, 0.2) is 0 Å². The predicted octanol–water partition coefficient (Wildman–Crippen LogP) is 5.64. The minimum atomic E-state index is 0.641. The van der Waals surface area contributed by atoms with Gasteiger partial charge in [-0.15, -0.1) is 0 Å². The fourth-order valence-corrected chi connectivity index (χ4v) is 4.86. The molecule has 0 heterocycles. The van der Waals surface area contributed by atoms with E-state index in [0.29, 0.717) is 6.04 Å². The molecule has 0 aromatic carbocycles. The molecule has 0 aliphatic heterocycles. The Labute approximate surface area is 133 Å². The smallest absolute Gasteiger partial charge is 0.00104 e. The zero-order chi connectivity index (χ0) is 15.2. The van der Waals surface area contributed by atoms with Crippen LogP contribution >= 0.6 is 0 Å². The summed E-state index contributed by atoms with van der Waals surface area (Å²) in [6, 6.07) is 0.641. The Bertz CT molecular complexity index is 276. The molecule has 2 saturated carbocycles. The first-order chi connectivity index (χ1) is 10.1. The summed E-state index contributed by atoms with van der Waals surface area (Å²) in [6.45, 7) is 10.7. The van der Waals surface area contributed by atoms with Crippen molar-refractivity contribution in [3.8, 4) is 0 Å². The normalized spacial score (nSPS) is 32.6. The summed E-state index contributed by atoms with van der Waals surface area (Å²) in [5.74, 6) is 4.87.